The van der Waals surface area contributed by atoms with Crippen molar-refractivity contribution in [3.05, 3.63) is 46.5 Å². The summed E-state index contributed by atoms with van der Waals surface area (Å²) in [6.45, 7) is -0.0384. The van der Waals surface area contributed by atoms with Gasteiger partial charge < -0.3 is 10.3 Å². The maximum Gasteiger partial charge on any atom is 0.289 e. The van der Waals surface area contributed by atoms with Crippen molar-refractivity contribution < 1.29 is 13.3 Å². The minimum Gasteiger partial charge on any atom is -0.388 e. The zero-order valence-corrected chi connectivity index (χ0v) is 11.8. The molecule has 2 aromatic rings. The van der Waals surface area contributed by atoms with Crippen LogP contribution in [0.3, 0.4) is 0 Å². The average molecular weight is 311 g/mol. The van der Waals surface area contributed by atoms with Crippen molar-refractivity contribution >= 4 is 21.4 Å². The Kier molecular flexibility index (Phi) is 4.19. The highest BCUT2D eigenvalue weighted by Gasteiger charge is 2.26. The Hall–Kier alpha value is -2.46. The number of nitro groups is 1. The lowest BCUT2D eigenvalue weighted by atomic mass is 10.3. The minimum atomic E-state index is -4.02. The number of H-pyrrole nitrogens is 1. The van der Waals surface area contributed by atoms with E-state index in [-0.39, 0.29) is 11.4 Å². The first-order chi connectivity index (χ1) is 9.94. The smallest absolute Gasteiger partial charge is 0.289 e. The van der Waals surface area contributed by atoms with E-state index in [1.807, 2.05) is 0 Å². The van der Waals surface area contributed by atoms with E-state index in [0.29, 0.717) is 11.4 Å². The number of anilines is 1. The van der Waals surface area contributed by atoms with E-state index < -0.39 is 20.6 Å². The lowest BCUT2D eigenvalue weighted by Gasteiger charge is -2.08. The van der Waals surface area contributed by atoms with E-state index in [2.05, 4.69) is 20.0 Å². The van der Waals surface area contributed by atoms with Crippen LogP contribution < -0.4 is 10.0 Å². The van der Waals surface area contributed by atoms with Gasteiger partial charge in [-0.05, 0) is 12.1 Å². The Labute approximate surface area is 120 Å². The van der Waals surface area contributed by atoms with Crippen LogP contribution in [0, 0.1) is 10.1 Å². The third kappa shape index (κ3) is 3.35. The Morgan fingerprint density at radius 3 is 2.76 bits per heavy atom. The van der Waals surface area contributed by atoms with Crippen LogP contribution in [0.25, 0.3) is 0 Å². The molecule has 1 heterocycles. The number of rotatable bonds is 6. The summed E-state index contributed by atoms with van der Waals surface area (Å²) in [5.41, 5.74) is 0.527. The standard InChI is InChI=1S/C11H13N5O4S/c1-12-8-2-3-10(16(17)18)11(4-8)21(19,20)15-6-9-5-13-7-14-9/h2-5,7,12,15H,6H2,1H3,(H,13,14). The van der Waals surface area contributed by atoms with Gasteiger partial charge in [0.25, 0.3) is 5.69 Å². The first kappa shape index (κ1) is 14.9. The Bertz CT molecular complexity index is 742. The molecule has 112 valence electrons. The Balaban J connectivity index is 2.35. The number of aromatic nitrogens is 2. The molecule has 0 saturated heterocycles. The Morgan fingerprint density at radius 1 is 1.43 bits per heavy atom. The summed E-state index contributed by atoms with van der Waals surface area (Å²) in [4.78, 5) is 16.4. The monoisotopic (exact) mass is 311 g/mol. The molecule has 10 heteroatoms. The molecule has 0 aliphatic carbocycles. The molecule has 0 atom stereocenters. The van der Waals surface area contributed by atoms with Gasteiger partial charge in [0.1, 0.15) is 0 Å². The van der Waals surface area contributed by atoms with E-state index in [1.54, 1.807) is 7.05 Å². The maximum atomic E-state index is 12.2. The van der Waals surface area contributed by atoms with Crippen molar-refractivity contribution in [2.24, 2.45) is 0 Å². The van der Waals surface area contributed by atoms with Crippen LogP contribution in [-0.4, -0.2) is 30.4 Å². The predicted octanol–water partition coefficient (Wildman–Crippen LogP) is 0.838. The number of nitro benzene ring substituents is 1. The molecule has 21 heavy (non-hydrogen) atoms. The second-order valence-corrected chi connectivity index (χ2v) is 5.83. The molecular weight excluding hydrogens is 298 g/mol. The van der Waals surface area contributed by atoms with Gasteiger partial charge >= 0.3 is 0 Å². The number of sulfonamides is 1. The van der Waals surface area contributed by atoms with E-state index in [4.69, 9.17) is 0 Å². The van der Waals surface area contributed by atoms with Gasteiger partial charge in [0, 0.05) is 30.7 Å². The molecule has 0 unspecified atom stereocenters. The van der Waals surface area contributed by atoms with Crippen molar-refractivity contribution in [1.82, 2.24) is 14.7 Å². The fourth-order valence-electron chi connectivity index (χ4n) is 1.67. The molecule has 2 rings (SSSR count). The molecule has 0 saturated carbocycles. The third-order valence-corrected chi connectivity index (χ3v) is 4.17. The van der Waals surface area contributed by atoms with Gasteiger partial charge in [-0.1, -0.05) is 0 Å². The molecule has 1 aromatic carbocycles. The molecule has 0 bridgehead atoms. The van der Waals surface area contributed by atoms with E-state index in [1.165, 1.54) is 24.7 Å². The lowest BCUT2D eigenvalue weighted by molar-refractivity contribution is -0.387. The second kappa shape index (κ2) is 5.89. The summed E-state index contributed by atoms with van der Waals surface area (Å²) >= 11 is 0. The van der Waals surface area contributed by atoms with Crippen LogP contribution in [0.2, 0.25) is 0 Å². The quantitative estimate of drug-likeness (QED) is 0.535. The molecule has 0 spiro atoms. The van der Waals surface area contributed by atoms with Crippen molar-refractivity contribution in [2.75, 3.05) is 12.4 Å². The largest absolute Gasteiger partial charge is 0.388 e. The molecule has 3 N–H and O–H groups in total. The first-order valence-electron chi connectivity index (χ1n) is 5.87. The van der Waals surface area contributed by atoms with Crippen LogP contribution in [0.15, 0.2) is 35.6 Å². The highest BCUT2D eigenvalue weighted by atomic mass is 32.2. The number of nitrogens with one attached hydrogen (secondary N) is 3. The van der Waals surface area contributed by atoms with Gasteiger partial charge in [-0.15, -0.1) is 0 Å². The van der Waals surface area contributed by atoms with E-state index in [0.717, 1.165) is 6.07 Å². The van der Waals surface area contributed by atoms with Crippen molar-refractivity contribution in [3.8, 4) is 0 Å². The predicted molar refractivity (Wildman–Crippen MR) is 75.3 cm³/mol. The zero-order valence-electron chi connectivity index (χ0n) is 11.0. The molecule has 0 aliphatic heterocycles. The summed E-state index contributed by atoms with van der Waals surface area (Å²) in [6.07, 6.45) is 2.87. The van der Waals surface area contributed by atoms with Crippen LogP contribution >= 0.6 is 0 Å². The fraction of sp³-hybridized carbons (Fsp3) is 0.182. The van der Waals surface area contributed by atoms with Gasteiger partial charge in [0.2, 0.25) is 10.0 Å². The number of imidazole rings is 1. The Morgan fingerprint density at radius 2 is 2.19 bits per heavy atom. The summed E-state index contributed by atoms with van der Waals surface area (Å²) in [6, 6.07) is 3.80. The molecule has 0 radical (unpaired) electrons. The third-order valence-electron chi connectivity index (χ3n) is 2.74. The number of benzene rings is 1. The van der Waals surface area contributed by atoms with Crippen LogP contribution in [0.1, 0.15) is 5.69 Å². The zero-order chi connectivity index (χ0) is 15.5. The normalized spacial score (nSPS) is 11.3. The molecule has 1 aromatic heterocycles. The lowest BCUT2D eigenvalue weighted by Crippen LogP contribution is -2.24. The molecule has 0 fully saturated rings. The van der Waals surface area contributed by atoms with Crippen LogP contribution in [0.5, 0.6) is 0 Å². The highest BCUT2D eigenvalue weighted by molar-refractivity contribution is 7.89. The minimum absolute atomic E-state index is 0.0384. The van der Waals surface area contributed by atoms with E-state index in [9.17, 15) is 18.5 Å². The fourth-order valence-corrected chi connectivity index (χ4v) is 2.87. The number of nitrogens with zero attached hydrogens (tertiary/aromatic N) is 2. The summed E-state index contributed by atoms with van der Waals surface area (Å²) < 4.78 is 26.8. The number of aromatic amines is 1. The molecule has 0 aliphatic rings. The summed E-state index contributed by atoms with van der Waals surface area (Å²) in [5, 5.41) is 13.7. The van der Waals surface area contributed by atoms with E-state index >= 15 is 0 Å². The SMILES string of the molecule is CNc1ccc([N+](=O)[O-])c(S(=O)(=O)NCc2cnc[nH]2)c1. The number of hydrogen-bond donors (Lipinski definition) is 3. The van der Waals surface area contributed by atoms with Gasteiger partial charge in [-0.25, -0.2) is 18.1 Å². The van der Waals surface area contributed by atoms with Crippen molar-refractivity contribution in [2.45, 2.75) is 11.4 Å². The maximum absolute atomic E-state index is 12.2. The van der Waals surface area contributed by atoms with Crippen LogP contribution in [0.4, 0.5) is 11.4 Å². The number of hydrogen-bond acceptors (Lipinski definition) is 6. The van der Waals surface area contributed by atoms with Gasteiger partial charge in [-0.3, -0.25) is 10.1 Å². The van der Waals surface area contributed by atoms with Gasteiger partial charge in [-0.2, -0.15) is 0 Å². The van der Waals surface area contributed by atoms with Crippen molar-refractivity contribution in [3.63, 3.8) is 0 Å². The van der Waals surface area contributed by atoms with Gasteiger partial charge in [0.05, 0.1) is 17.8 Å². The average Bonchev–Trinajstić information content (AvgIpc) is 2.98. The van der Waals surface area contributed by atoms with Crippen LogP contribution in [-0.2, 0) is 16.6 Å². The topological polar surface area (TPSA) is 130 Å². The molecule has 9 nitrogen and oxygen atoms in total. The molecule has 0 amide bonds. The first-order valence-corrected chi connectivity index (χ1v) is 7.35. The van der Waals surface area contributed by atoms with Gasteiger partial charge in [0.15, 0.2) is 4.90 Å². The summed E-state index contributed by atoms with van der Waals surface area (Å²) in [7, 11) is -2.43. The molecular formula is C11H13N5O4S. The van der Waals surface area contributed by atoms with Crippen molar-refractivity contribution in [1.29, 1.82) is 0 Å². The summed E-state index contributed by atoms with van der Waals surface area (Å²) in [5.74, 6) is 0. The second-order valence-electron chi connectivity index (χ2n) is 4.09. The highest BCUT2D eigenvalue weighted by Crippen LogP contribution is 2.26.